The van der Waals surface area contributed by atoms with E-state index in [1.807, 2.05) is 6.07 Å². The van der Waals surface area contributed by atoms with E-state index in [1.54, 1.807) is 24.3 Å². The smallest absolute Gasteiger partial charge is 0.410 e. The zero-order valence-corrected chi connectivity index (χ0v) is 13.1. The predicted molar refractivity (Wildman–Crippen MR) is 84.8 cm³/mol. The summed E-state index contributed by atoms with van der Waals surface area (Å²) in [5.41, 5.74) is 0.574. The van der Waals surface area contributed by atoms with E-state index in [1.165, 1.54) is 4.90 Å². The molecule has 4 unspecified atom stereocenters. The van der Waals surface area contributed by atoms with Gasteiger partial charge < -0.3 is 9.84 Å². The van der Waals surface area contributed by atoms with Crippen LogP contribution in [0.15, 0.2) is 30.3 Å². The Labute approximate surface area is 137 Å². The van der Waals surface area contributed by atoms with Crippen molar-refractivity contribution >= 4 is 12.1 Å². The molecule has 124 valence electrons. The number of rotatable bonds is 3. The normalized spacial score (nSPS) is 29.1. The maximum absolute atomic E-state index is 12.5. The molecule has 2 aliphatic rings. The summed E-state index contributed by atoms with van der Waals surface area (Å²) >= 11 is 0. The van der Waals surface area contributed by atoms with Gasteiger partial charge in [0.15, 0.2) is 0 Å². The van der Waals surface area contributed by atoms with Gasteiger partial charge in [-0.05, 0) is 30.2 Å². The fourth-order valence-electron chi connectivity index (χ4n) is 3.78. The van der Waals surface area contributed by atoms with Gasteiger partial charge in [0, 0.05) is 6.54 Å². The number of likely N-dealkylation sites (tertiary alicyclic amines) is 1. The average molecular weight is 318 g/mol. The van der Waals surface area contributed by atoms with Crippen LogP contribution in [0.3, 0.4) is 0 Å². The molecule has 1 saturated heterocycles. The van der Waals surface area contributed by atoms with E-state index >= 15 is 0 Å². The van der Waals surface area contributed by atoms with Crippen molar-refractivity contribution in [3.05, 3.63) is 35.9 Å². The van der Waals surface area contributed by atoms with Crippen molar-refractivity contribution in [1.82, 2.24) is 4.90 Å². The highest BCUT2D eigenvalue weighted by atomic mass is 16.6. The Bertz CT molecular complexity index is 594. The quantitative estimate of drug-likeness (QED) is 0.928. The highest BCUT2D eigenvalue weighted by molar-refractivity contribution is 5.80. The van der Waals surface area contributed by atoms with Gasteiger partial charge in [0.25, 0.3) is 0 Å². The maximum atomic E-state index is 12.5. The lowest BCUT2D eigenvalue weighted by Gasteiger charge is -2.43. The molecule has 1 saturated carbocycles. The van der Waals surface area contributed by atoms with Crippen molar-refractivity contribution in [2.24, 2.45) is 11.8 Å². The molecule has 5 nitrogen and oxygen atoms in total. The maximum Gasteiger partial charge on any atom is 0.410 e. The van der Waals surface area contributed by atoms with Crippen LogP contribution in [0.2, 0.25) is 0 Å². The Morgan fingerprint density at radius 2 is 1.91 bits per heavy atom. The molecule has 0 radical (unpaired) electrons. The first-order valence-electron chi connectivity index (χ1n) is 8.81. The molecule has 4 atom stereocenters. The number of fused-ring (bicyclic) bond motifs is 1. The zero-order chi connectivity index (χ0) is 17.1. The number of hydrogen-bond donors (Lipinski definition) is 1. The van der Waals surface area contributed by atoms with Crippen LogP contribution < -0.4 is 0 Å². The van der Waals surface area contributed by atoms with Gasteiger partial charge in [-0.2, -0.15) is 0 Å². The number of ether oxygens (including phenoxy) is 1. The van der Waals surface area contributed by atoms with E-state index in [4.69, 9.17) is 6.11 Å². The monoisotopic (exact) mass is 318 g/mol. The second-order valence-electron chi connectivity index (χ2n) is 6.46. The Hall–Kier alpha value is -2.04. The highest BCUT2D eigenvalue weighted by Gasteiger charge is 2.42. The van der Waals surface area contributed by atoms with Crippen molar-refractivity contribution in [1.29, 1.82) is 0 Å². The van der Waals surface area contributed by atoms with E-state index in [0.29, 0.717) is 30.4 Å². The number of hydrogen-bond acceptors (Lipinski definition) is 3. The number of piperidine rings is 1. The first kappa shape index (κ1) is 14.5. The minimum atomic E-state index is -1.14. The number of carboxylic acids is 1. The van der Waals surface area contributed by atoms with Crippen LogP contribution in [-0.2, 0) is 16.1 Å². The Morgan fingerprint density at radius 3 is 2.61 bits per heavy atom. The van der Waals surface area contributed by atoms with E-state index in [-0.39, 0.29) is 0 Å². The van der Waals surface area contributed by atoms with E-state index in [0.717, 1.165) is 25.7 Å². The van der Waals surface area contributed by atoms with Crippen LogP contribution in [0.25, 0.3) is 0 Å². The minimum Gasteiger partial charge on any atom is -0.480 e. The fraction of sp³-hybridized carbons (Fsp3) is 0.556. The molecule has 0 aromatic heterocycles. The lowest BCUT2D eigenvalue weighted by atomic mass is 9.73. The first-order valence-corrected chi connectivity index (χ1v) is 8.23. The van der Waals surface area contributed by atoms with Crippen LogP contribution >= 0.6 is 0 Å². The SMILES string of the molecule is [2H]C(OC(=O)N1CC2CCCCC2CC1C(=O)O)c1ccccc1. The molecule has 0 bridgehead atoms. The second-order valence-corrected chi connectivity index (χ2v) is 6.46. The van der Waals surface area contributed by atoms with E-state index < -0.39 is 24.7 Å². The standard InChI is InChI=1S/C18H23NO4/c20-17(21)16-10-14-8-4-5-9-15(14)11-19(16)18(22)23-12-13-6-2-1-3-7-13/h1-3,6-7,14-16H,4-5,8-12H2,(H,20,21)/i12D. The summed E-state index contributed by atoms with van der Waals surface area (Å²) in [5, 5.41) is 9.50. The van der Waals surface area contributed by atoms with Gasteiger partial charge in [-0.25, -0.2) is 9.59 Å². The number of carbonyl (C=O) groups is 2. The van der Waals surface area contributed by atoms with Gasteiger partial charge in [-0.1, -0.05) is 49.6 Å². The van der Waals surface area contributed by atoms with Crippen LogP contribution in [-0.4, -0.2) is 34.7 Å². The molecule has 1 aliphatic carbocycles. The summed E-state index contributed by atoms with van der Waals surface area (Å²) in [6, 6.07) is 7.96. The Kier molecular flexibility index (Phi) is 4.44. The molecule has 1 heterocycles. The summed E-state index contributed by atoms with van der Waals surface area (Å²) in [5.74, 6) is -0.259. The lowest BCUT2D eigenvalue weighted by molar-refractivity contribution is -0.146. The van der Waals surface area contributed by atoms with Crippen molar-refractivity contribution in [2.45, 2.75) is 44.7 Å². The molecule has 1 N–H and O–H groups in total. The van der Waals surface area contributed by atoms with Crippen LogP contribution in [0.5, 0.6) is 0 Å². The lowest BCUT2D eigenvalue weighted by Crippen LogP contribution is -2.54. The van der Waals surface area contributed by atoms with Gasteiger partial charge in [-0.3, -0.25) is 4.90 Å². The van der Waals surface area contributed by atoms with Gasteiger partial charge in [-0.15, -0.1) is 0 Å². The Morgan fingerprint density at radius 1 is 1.22 bits per heavy atom. The number of benzene rings is 1. The molecule has 0 spiro atoms. The molecular formula is C18H23NO4. The zero-order valence-electron chi connectivity index (χ0n) is 14.1. The molecule has 3 rings (SSSR count). The fourth-order valence-corrected chi connectivity index (χ4v) is 3.78. The molecule has 1 amide bonds. The van der Waals surface area contributed by atoms with Crippen LogP contribution in [0.1, 0.15) is 39.0 Å². The Balaban J connectivity index is 1.70. The molecule has 1 aromatic carbocycles. The average Bonchev–Trinajstić information content (AvgIpc) is 2.61. The molecule has 1 aliphatic heterocycles. The number of nitrogens with zero attached hydrogens (tertiary/aromatic N) is 1. The van der Waals surface area contributed by atoms with Crippen molar-refractivity contribution in [3.63, 3.8) is 0 Å². The van der Waals surface area contributed by atoms with Crippen molar-refractivity contribution < 1.29 is 20.8 Å². The summed E-state index contributed by atoms with van der Waals surface area (Å²) in [4.78, 5) is 25.4. The molecule has 5 heteroatoms. The van der Waals surface area contributed by atoms with Gasteiger partial charge in [0.05, 0.1) is 1.37 Å². The molecule has 23 heavy (non-hydrogen) atoms. The predicted octanol–water partition coefficient (Wildman–Crippen LogP) is 3.29. The van der Waals surface area contributed by atoms with Crippen LogP contribution in [0, 0.1) is 11.8 Å². The molecule has 2 fully saturated rings. The number of carbonyl (C=O) groups excluding carboxylic acids is 1. The van der Waals surface area contributed by atoms with Gasteiger partial charge >= 0.3 is 12.1 Å². The summed E-state index contributed by atoms with van der Waals surface area (Å²) in [6.07, 6.45) is 4.14. The minimum absolute atomic E-state index is 0.350. The first-order chi connectivity index (χ1) is 11.6. The second kappa shape index (κ2) is 7.02. The van der Waals surface area contributed by atoms with Crippen LogP contribution in [0.4, 0.5) is 4.79 Å². The van der Waals surface area contributed by atoms with Crippen molar-refractivity contribution in [2.75, 3.05) is 6.54 Å². The highest BCUT2D eigenvalue weighted by Crippen LogP contribution is 2.38. The third kappa shape index (κ3) is 3.66. The third-order valence-electron chi connectivity index (χ3n) is 5.01. The number of aliphatic carboxylic acids is 1. The summed E-state index contributed by atoms with van der Waals surface area (Å²) < 4.78 is 13.2. The van der Waals surface area contributed by atoms with Gasteiger partial charge in [0.2, 0.25) is 0 Å². The summed E-state index contributed by atoms with van der Waals surface area (Å²) in [7, 11) is 0. The molecular weight excluding hydrogens is 294 g/mol. The third-order valence-corrected chi connectivity index (χ3v) is 5.01. The summed E-state index contributed by atoms with van der Waals surface area (Å²) in [6.45, 7) is -0.723. The van der Waals surface area contributed by atoms with E-state index in [9.17, 15) is 14.7 Å². The van der Waals surface area contributed by atoms with E-state index in [2.05, 4.69) is 0 Å². The number of amides is 1. The molecule has 1 aromatic rings. The largest absolute Gasteiger partial charge is 0.480 e. The number of carboxylic acid groups (broad SMARTS) is 1. The van der Waals surface area contributed by atoms with Crippen molar-refractivity contribution in [3.8, 4) is 0 Å². The topological polar surface area (TPSA) is 66.8 Å². The van der Waals surface area contributed by atoms with Gasteiger partial charge in [0.1, 0.15) is 12.6 Å².